The summed E-state index contributed by atoms with van der Waals surface area (Å²) in [5.41, 5.74) is 0. The van der Waals surface area contributed by atoms with Gasteiger partial charge in [0.05, 0.1) is 7.11 Å². The number of aromatic nitrogens is 1. The Morgan fingerprint density at radius 3 is 2.54 bits per heavy atom. The number of pyridine rings is 1. The number of rotatable bonds is 7. The molecule has 1 amide bonds. The van der Waals surface area contributed by atoms with Crippen molar-refractivity contribution in [2.24, 2.45) is 5.92 Å². The topological polar surface area (TPSA) is 63.7 Å². The molecule has 6 nitrogen and oxygen atoms in total. The number of hydrogen-bond acceptors (Lipinski definition) is 5. The first-order chi connectivity index (χ1) is 12.7. The largest absolute Gasteiger partial charge is 0.497 e. The van der Waals surface area contributed by atoms with E-state index in [-0.39, 0.29) is 12.5 Å². The first-order valence-electron chi connectivity index (χ1n) is 8.94. The second-order valence-electron chi connectivity index (χ2n) is 6.39. The molecule has 1 aliphatic heterocycles. The van der Waals surface area contributed by atoms with Gasteiger partial charge in [0.15, 0.2) is 6.61 Å². The number of carbonyl (C=O) groups excluding carboxylic acids is 1. The molecule has 1 aliphatic rings. The van der Waals surface area contributed by atoms with E-state index < -0.39 is 0 Å². The number of nitrogens with zero attached hydrogens (tertiary/aromatic N) is 2. The lowest BCUT2D eigenvalue weighted by Crippen LogP contribution is -2.40. The third-order valence-corrected chi connectivity index (χ3v) is 4.61. The van der Waals surface area contributed by atoms with Crippen LogP contribution in [0.5, 0.6) is 11.5 Å². The van der Waals surface area contributed by atoms with E-state index in [2.05, 4.69) is 15.2 Å². The van der Waals surface area contributed by atoms with Gasteiger partial charge in [0.2, 0.25) is 0 Å². The summed E-state index contributed by atoms with van der Waals surface area (Å²) in [5.74, 6) is 2.86. The molecule has 26 heavy (non-hydrogen) atoms. The van der Waals surface area contributed by atoms with Crippen molar-refractivity contribution in [3.8, 4) is 11.5 Å². The summed E-state index contributed by atoms with van der Waals surface area (Å²) in [6.07, 6.45) is 3.93. The van der Waals surface area contributed by atoms with Crippen molar-refractivity contribution >= 4 is 11.7 Å². The number of anilines is 1. The number of ether oxygens (including phenoxy) is 2. The van der Waals surface area contributed by atoms with Crippen LogP contribution in [0.3, 0.4) is 0 Å². The zero-order valence-corrected chi connectivity index (χ0v) is 15.1. The quantitative estimate of drug-likeness (QED) is 0.827. The van der Waals surface area contributed by atoms with E-state index in [1.165, 1.54) is 0 Å². The second kappa shape index (κ2) is 9.08. The number of carbonyl (C=O) groups is 1. The van der Waals surface area contributed by atoms with Crippen molar-refractivity contribution in [3.63, 3.8) is 0 Å². The van der Waals surface area contributed by atoms with E-state index in [4.69, 9.17) is 9.47 Å². The highest BCUT2D eigenvalue weighted by molar-refractivity contribution is 5.77. The minimum Gasteiger partial charge on any atom is -0.497 e. The van der Waals surface area contributed by atoms with Crippen LogP contribution in [0.1, 0.15) is 12.8 Å². The average Bonchev–Trinajstić information content (AvgIpc) is 2.72. The Hall–Kier alpha value is -2.76. The van der Waals surface area contributed by atoms with E-state index in [1.54, 1.807) is 19.2 Å². The predicted molar refractivity (Wildman–Crippen MR) is 101 cm³/mol. The summed E-state index contributed by atoms with van der Waals surface area (Å²) in [7, 11) is 1.62. The van der Waals surface area contributed by atoms with Gasteiger partial charge in [0, 0.05) is 25.8 Å². The Balaban J connectivity index is 1.34. The molecular formula is C20H25N3O3. The Morgan fingerprint density at radius 2 is 1.88 bits per heavy atom. The highest BCUT2D eigenvalue weighted by atomic mass is 16.5. The maximum atomic E-state index is 12.0. The van der Waals surface area contributed by atoms with Crippen LogP contribution in [0.15, 0.2) is 48.7 Å². The number of hydrogen-bond donors (Lipinski definition) is 1. The van der Waals surface area contributed by atoms with E-state index in [0.717, 1.165) is 37.5 Å². The molecule has 1 N–H and O–H groups in total. The molecule has 0 bridgehead atoms. The molecule has 0 unspecified atom stereocenters. The van der Waals surface area contributed by atoms with Gasteiger partial charge in [-0.05, 0) is 55.2 Å². The summed E-state index contributed by atoms with van der Waals surface area (Å²) in [6, 6.07) is 13.2. The number of methoxy groups -OCH3 is 1. The van der Waals surface area contributed by atoms with E-state index in [9.17, 15) is 4.79 Å². The predicted octanol–water partition coefficient (Wildman–Crippen LogP) is 2.50. The highest BCUT2D eigenvalue weighted by Gasteiger charge is 2.20. The van der Waals surface area contributed by atoms with Gasteiger partial charge in [0.1, 0.15) is 17.3 Å². The smallest absolute Gasteiger partial charge is 0.257 e. The van der Waals surface area contributed by atoms with Gasteiger partial charge in [-0.15, -0.1) is 0 Å². The molecule has 0 radical (unpaired) electrons. The van der Waals surface area contributed by atoms with Gasteiger partial charge in [-0.3, -0.25) is 4.79 Å². The van der Waals surface area contributed by atoms with Gasteiger partial charge in [-0.25, -0.2) is 4.98 Å². The lowest BCUT2D eigenvalue weighted by molar-refractivity contribution is -0.123. The van der Waals surface area contributed by atoms with Gasteiger partial charge >= 0.3 is 0 Å². The van der Waals surface area contributed by atoms with E-state index in [0.29, 0.717) is 18.2 Å². The van der Waals surface area contributed by atoms with Crippen LogP contribution in [-0.2, 0) is 4.79 Å². The molecule has 3 rings (SSSR count). The number of benzene rings is 1. The Labute approximate surface area is 154 Å². The molecule has 6 heteroatoms. The van der Waals surface area contributed by atoms with Gasteiger partial charge in [0.25, 0.3) is 5.91 Å². The van der Waals surface area contributed by atoms with Crippen LogP contribution in [0.2, 0.25) is 0 Å². The fourth-order valence-corrected chi connectivity index (χ4v) is 3.04. The minimum atomic E-state index is -0.0898. The number of piperidine rings is 1. The summed E-state index contributed by atoms with van der Waals surface area (Å²) in [4.78, 5) is 18.7. The molecule has 2 heterocycles. The molecule has 0 aliphatic carbocycles. The van der Waals surface area contributed by atoms with Crippen LogP contribution in [-0.4, -0.2) is 44.2 Å². The zero-order chi connectivity index (χ0) is 18.2. The molecule has 0 atom stereocenters. The molecule has 138 valence electrons. The standard InChI is InChI=1S/C20H25N3O3/c1-25-17-5-7-18(8-6-17)26-15-20(24)22-14-16-9-12-23(13-10-16)19-4-2-3-11-21-19/h2-8,11,16H,9-10,12-15H2,1H3,(H,22,24). The van der Waals surface area contributed by atoms with Crippen molar-refractivity contribution < 1.29 is 14.3 Å². The van der Waals surface area contributed by atoms with Crippen LogP contribution in [0.4, 0.5) is 5.82 Å². The third kappa shape index (κ3) is 5.12. The van der Waals surface area contributed by atoms with Crippen molar-refractivity contribution in [2.75, 3.05) is 38.3 Å². The monoisotopic (exact) mass is 355 g/mol. The molecule has 0 spiro atoms. The number of nitrogens with one attached hydrogen (secondary N) is 1. The van der Waals surface area contributed by atoms with E-state index >= 15 is 0 Å². The fourth-order valence-electron chi connectivity index (χ4n) is 3.04. The molecule has 1 fully saturated rings. The number of amides is 1. The lowest BCUT2D eigenvalue weighted by atomic mass is 9.97. The van der Waals surface area contributed by atoms with Crippen LogP contribution >= 0.6 is 0 Å². The molecular weight excluding hydrogens is 330 g/mol. The highest BCUT2D eigenvalue weighted by Crippen LogP contribution is 2.21. The first-order valence-corrected chi connectivity index (χ1v) is 8.94. The van der Waals surface area contributed by atoms with Crippen molar-refractivity contribution in [3.05, 3.63) is 48.7 Å². The van der Waals surface area contributed by atoms with Gasteiger partial charge < -0.3 is 19.7 Å². The Kier molecular flexibility index (Phi) is 6.30. The maximum absolute atomic E-state index is 12.0. The molecule has 2 aromatic rings. The summed E-state index contributed by atoms with van der Waals surface area (Å²) >= 11 is 0. The van der Waals surface area contributed by atoms with Gasteiger partial charge in [-0.2, -0.15) is 0 Å². The second-order valence-corrected chi connectivity index (χ2v) is 6.39. The maximum Gasteiger partial charge on any atom is 0.257 e. The molecule has 1 aromatic heterocycles. The van der Waals surface area contributed by atoms with Crippen molar-refractivity contribution in [2.45, 2.75) is 12.8 Å². The summed E-state index contributed by atoms with van der Waals surface area (Å²) in [6.45, 7) is 2.67. The Bertz CT molecular complexity index is 683. The molecule has 0 saturated carbocycles. The van der Waals surface area contributed by atoms with Crippen LogP contribution in [0.25, 0.3) is 0 Å². The summed E-state index contributed by atoms with van der Waals surface area (Å²) < 4.78 is 10.6. The lowest BCUT2D eigenvalue weighted by Gasteiger charge is -2.32. The summed E-state index contributed by atoms with van der Waals surface area (Å²) in [5, 5.41) is 2.98. The fraction of sp³-hybridized carbons (Fsp3) is 0.400. The van der Waals surface area contributed by atoms with Crippen LogP contribution in [0, 0.1) is 5.92 Å². The van der Waals surface area contributed by atoms with Crippen molar-refractivity contribution in [1.29, 1.82) is 0 Å². The van der Waals surface area contributed by atoms with E-state index in [1.807, 2.05) is 36.5 Å². The minimum absolute atomic E-state index is 0.0269. The van der Waals surface area contributed by atoms with Crippen LogP contribution < -0.4 is 19.7 Å². The average molecular weight is 355 g/mol. The Morgan fingerprint density at radius 1 is 1.15 bits per heavy atom. The SMILES string of the molecule is COc1ccc(OCC(=O)NCC2CCN(c3ccccn3)CC2)cc1. The first kappa shape index (κ1) is 18.0. The van der Waals surface area contributed by atoms with Crippen molar-refractivity contribution in [1.82, 2.24) is 10.3 Å². The molecule has 1 aromatic carbocycles. The normalized spacial score (nSPS) is 14.7. The zero-order valence-electron chi connectivity index (χ0n) is 15.1. The van der Waals surface area contributed by atoms with Gasteiger partial charge in [-0.1, -0.05) is 6.07 Å². The third-order valence-electron chi connectivity index (χ3n) is 4.61. The molecule has 1 saturated heterocycles.